The number of Topliss-reactive ketones (excluding diaryl/α,β-unsaturated/α-hetero) is 1. The standard InChI is InChI=1S/C29H33NO7/c1-5-13-36-23-11-8-19(17-24(23)35-6-2)26-25(28(32)29(33)30(26)12-7-14-34-4)27(31)20-9-10-22-21(16-20)15-18(3)37-22/h5,8-11,16-18,26,31H,1,6-7,12-15H2,2-4H3/t18-,26+/m1/s1. The van der Waals surface area contributed by atoms with Gasteiger partial charge in [-0.05, 0) is 61.7 Å². The van der Waals surface area contributed by atoms with Gasteiger partial charge in [0.05, 0.1) is 18.2 Å². The first-order valence-corrected chi connectivity index (χ1v) is 12.5. The van der Waals surface area contributed by atoms with E-state index >= 15 is 0 Å². The molecule has 196 valence electrons. The number of rotatable bonds is 11. The third-order valence-electron chi connectivity index (χ3n) is 6.40. The highest BCUT2D eigenvalue weighted by Crippen LogP contribution is 2.43. The molecule has 2 heterocycles. The van der Waals surface area contributed by atoms with Gasteiger partial charge in [0, 0.05) is 32.2 Å². The van der Waals surface area contributed by atoms with Crippen molar-refractivity contribution in [2.45, 2.75) is 38.8 Å². The maximum Gasteiger partial charge on any atom is 0.295 e. The summed E-state index contributed by atoms with van der Waals surface area (Å²) < 4.78 is 22.5. The number of carbonyl (C=O) groups is 2. The predicted octanol–water partition coefficient (Wildman–Crippen LogP) is 4.43. The van der Waals surface area contributed by atoms with Gasteiger partial charge in [-0.3, -0.25) is 9.59 Å². The Morgan fingerprint density at radius 2 is 2.00 bits per heavy atom. The number of carbonyl (C=O) groups excluding carboxylic acids is 2. The van der Waals surface area contributed by atoms with Crippen molar-refractivity contribution in [1.82, 2.24) is 4.90 Å². The van der Waals surface area contributed by atoms with Gasteiger partial charge in [-0.2, -0.15) is 0 Å². The van der Waals surface area contributed by atoms with Crippen LogP contribution in [0.5, 0.6) is 17.2 Å². The van der Waals surface area contributed by atoms with Crippen molar-refractivity contribution in [3.8, 4) is 17.2 Å². The lowest BCUT2D eigenvalue weighted by Gasteiger charge is -2.26. The van der Waals surface area contributed by atoms with Gasteiger partial charge in [0.2, 0.25) is 0 Å². The lowest BCUT2D eigenvalue weighted by atomic mass is 9.94. The second-order valence-electron chi connectivity index (χ2n) is 9.03. The molecule has 2 aliphatic rings. The van der Waals surface area contributed by atoms with Crippen LogP contribution in [0.1, 0.15) is 43.0 Å². The number of aliphatic hydroxyl groups excluding tert-OH is 1. The summed E-state index contributed by atoms with van der Waals surface area (Å²) in [5.41, 5.74) is 2.08. The molecular formula is C29H33NO7. The minimum Gasteiger partial charge on any atom is -0.507 e. The van der Waals surface area contributed by atoms with Gasteiger partial charge in [-0.1, -0.05) is 18.7 Å². The second kappa shape index (κ2) is 11.5. The number of hydrogen-bond donors (Lipinski definition) is 1. The predicted molar refractivity (Wildman–Crippen MR) is 139 cm³/mol. The van der Waals surface area contributed by atoms with E-state index in [-0.39, 0.29) is 24.0 Å². The molecule has 37 heavy (non-hydrogen) atoms. The fraction of sp³-hybridized carbons (Fsp3) is 0.379. The lowest BCUT2D eigenvalue weighted by molar-refractivity contribution is -0.140. The number of amides is 1. The highest BCUT2D eigenvalue weighted by atomic mass is 16.5. The zero-order chi connectivity index (χ0) is 26.5. The second-order valence-corrected chi connectivity index (χ2v) is 9.03. The van der Waals surface area contributed by atoms with Crippen LogP contribution in [0.4, 0.5) is 0 Å². The van der Waals surface area contributed by atoms with Crippen LogP contribution in [0.2, 0.25) is 0 Å². The molecule has 4 rings (SSSR count). The number of ketones is 1. The number of ether oxygens (including phenoxy) is 4. The van der Waals surface area contributed by atoms with Crippen molar-refractivity contribution >= 4 is 17.4 Å². The fourth-order valence-electron chi connectivity index (χ4n) is 4.79. The third-order valence-corrected chi connectivity index (χ3v) is 6.40. The summed E-state index contributed by atoms with van der Waals surface area (Å²) >= 11 is 0. The summed E-state index contributed by atoms with van der Waals surface area (Å²) in [6.07, 6.45) is 2.91. The van der Waals surface area contributed by atoms with Crippen LogP contribution in [-0.4, -0.2) is 61.3 Å². The zero-order valence-corrected chi connectivity index (χ0v) is 21.5. The maximum atomic E-state index is 13.3. The monoisotopic (exact) mass is 507 g/mol. The van der Waals surface area contributed by atoms with Crippen LogP contribution in [0.25, 0.3) is 5.76 Å². The Kier molecular flexibility index (Phi) is 8.18. The minimum atomic E-state index is -0.798. The average Bonchev–Trinajstić information content (AvgIpc) is 3.38. The molecule has 2 aromatic rings. The Hall–Kier alpha value is -3.78. The van der Waals surface area contributed by atoms with E-state index in [1.807, 2.05) is 19.9 Å². The van der Waals surface area contributed by atoms with E-state index in [0.717, 1.165) is 11.3 Å². The first kappa shape index (κ1) is 26.3. The molecule has 0 saturated carbocycles. The van der Waals surface area contributed by atoms with Crippen LogP contribution >= 0.6 is 0 Å². The van der Waals surface area contributed by atoms with Crippen LogP contribution in [-0.2, 0) is 20.7 Å². The molecule has 1 saturated heterocycles. The Balaban J connectivity index is 1.81. The number of likely N-dealkylation sites (tertiary alicyclic amines) is 1. The van der Waals surface area contributed by atoms with Crippen molar-refractivity contribution < 1.29 is 33.6 Å². The van der Waals surface area contributed by atoms with Crippen molar-refractivity contribution in [2.24, 2.45) is 0 Å². The summed E-state index contributed by atoms with van der Waals surface area (Å²) in [4.78, 5) is 28.0. The van der Waals surface area contributed by atoms with E-state index in [9.17, 15) is 14.7 Å². The molecule has 8 nitrogen and oxygen atoms in total. The molecule has 2 aliphatic heterocycles. The lowest BCUT2D eigenvalue weighted by Crippen LogP contribution is -2.31. The smallest absolute Gasteiger partial charge is 0.295 e. The van der Waals surface area contributed by atoms with E-state index in [2.05, 4.69) is 6.58 Å². The fourth-order valence-corrected chi connectivity index (χ4v) is 4.79. The minimum absolute atomic E-state index is 0.0385. The molecule has 0 radical (unpaired) electrons. The van der Waals surface area contributed by atoms with E-state index in [0.29, 0.717) is 55.3 Å². The maximum absolute atomic E-state index is 13.3. The number of methoxy groups -OCH3 is 1. The average molecular weight is 508 g/mol. The molecule has 1 N–H and O–H groups in total. The summed E-state index contributed by atoms with van der Waals surface area (Å²) in [7, 11) is 1.58. The number of benzene rings is 2. The van der Waals surface area contributed by atoms with Crippen molar-refractivity contribution in [3.63, 3.8) is 0 Å². The Bertz CT molecular complexity index is 1220. The van der Waals surface area contributed by atoms with Gasteiger partial charge in [0.15, 0.2) is 11.5 Å². The van der Waals surface area contributed by atoms with Crippen LogP contribution in [0.15, 0.2) is 54.6 Å². The van der Waals surface area contributed by atoms with Gasteiger partial charge in [-0.15, -0.1) is 0 Å². The van der Waals surface area contributed by atoms with Crippen molar-refractivity contribution in [1.29, 1.82) is 0 Å². The first-order chi connectivity index (χ1) is 17.9. The number of fused-ring (bicyclic) bond motifs is 1. The SMILES string of the molecule is C=CCOc1ccc([C@H]2C(=C(O)c3ccc4c(c3)C[C@@H](C)O4)C(=O)C(=O)N2CCCOC)cc1OCC. The highest BCUT2D eigenvalue weighted by molar-refractivity contribution is 6.46. The quantitative estimate of drug-likeness (QED) is 0.158. The van der Waals surface area contributed by atoms with Crippen molar-refractivity contribution in [3.05, 3.63) is 71.3 Å². The number of nitrogens with zero attached hydrogens (tertiary/aromatic N) is 1. The van der Waals surface area contributed by atoms with Crippen molar-refractivity contribution in [2.75, 3.05) is 33.5 Å². The molecular weight excluding hydrogens is 474 g/mol. The summed E-state index contributed by atoms with van der Waals surface area (Å²) in [5, 5.41) is 11.4. The Morgan fingerprint density at radius 3 is 2.73 bits per heavy atom. The van der Waals surface area contributed by atoms with E-state index in [1.54, 1.807) is 43.5 Å². The van der Waals surface area contributed by atoms with Gasteiger partial charge < -0.3 is 29.0 Å². The molecule has 0 aliphatic carbocycles. The van der Waals surface area contributed by atoms with Gasteiger partial charge >= 0.3 is 0 Å². The molecule has 0 spiro atoms. The topological polar surface area (TPSA) is 94.5 Å². The summed E-state index contributed by atoms with van der Waals surface area (Å²) in [6, 6.07) is 9.80. The van der Waals surface area contributed by atoms with E-state index in [4.69, 9.17) is 18.9 Å². The molecule has 8 heteroatoms. The Labute approximate surface area is 217 Å². The van der Waals surface area contributed by atoms with Gasteiger partial charge in [0.1, 0.15) is 24.2 Å². The zero-order valence-electron chi connectivity index (χ0n) is 21.5. The highest BCUT2D eigenvalue weighted by Gasteiger charge is 2.46. The molecule has 1 amide bonds. The summed E-state index contributed by atoms with van der Waals surface area (Å²) in [6.45, 7) is 8.93. The normalized spacial score (nSPS) is 20.0. The molecule has 0 unspecified atom stereocenters. The number of aliphatic hydroxyl groups is 1. The van der Waals surface area contributed by atoms with Crippen LogP contribution in [0.3, 0.4) is 0 Å². The number of hydrogen-bond acceptors (Lipinski definition) is 7. The van der Waals surface area contributed by atoms with Crippen LogP contribution in [0, 0.1) is 0 Å². The van der Waals surface area contributed by atoms with Gasteiger partial charge in [-0.25, -0.2) is 0 Å². The Morgan fingerprint density at radius 1 is 1.19 bits per heavy atom. The van der Waals surface area contributed by atoms with E-state index in [1.165, 1.54) is 4.90 Å². The molecule has 2 aromatic carbocycles. The first-order valence-electron chi connectivity index (χ1n) is 12.5. The third kappa shape index (κ3) is 5.34. The molecule has 0 aromatic heterocycles. The molecule has 1 fully saturated rings. The molecule has 0 bridgehead atoms. The molecule has 2 atom stereocenters. The largest absolute Gasteiger partial charge is 0.507 e. The van der Waals surface area contributed by atoms with Crippen LogP contribution < -0.4 is 14.2 Å². The summed E-state index contributed by atoms with van der Waals surface area (Å²) in [5.74, 6) is 0.158. The van der Waals surface area contributed by atoms with E-state index < -0.39 is 17.7 Å². The van der Waals surface area contributed by atoms with Gasteiger partial charge in [0.25, 0.3) is 11.7 Å².